The Labute approximate surface area is 80.7 Å². The SMILES string of the molecule is COC(=O)c1nccnc1/C=C/C#N. The van der Waals surface area contributed by atoms with Crippen molar-refractivity contribution in [1.82, 2.24) is 9.97 Å². The summed E-state index contributed by atoms with van der Waals surface area (Å²) in [6.07, 6.45) is 5.44. The van der Waals surface area contributed by atoms with Crippen LogP contribution < -0.4 is 0 Å². The fraction of sp³-hybridized carbons (Fsp3) is 0.111. The van der Waals surface area contributed by atoms with Crippen LogP contribution in [0.3, 0.4) is 0 Å². The van der Waals surface area contributed by atoms with Crippen LogP contribution in [0, 0.1) is 11.3 Å². The molecule has 70 valence electrons. The van der Waals surface area contributed by atoms with Gasteiger partial charge >= 0.3 is 5.97 Å². The topological polar surface area (TPSA) is 75.9 Å². The van der Waals surface area contributed by atoms with Crippen molar-refractivity contribution in [2.75, 3.05) is 7.11 Å². The first-order valence-electron chi connectivity index (χ1n) is 3.75. The number of hydrogen-bond donors (Lipinski definition) is 0. The molecule has 0 aliphatic rings. The molecule has 5 heteroatoms. The van der Waals surface area contributed by atoms with Gasteiger partial charge in [0.1, 0.15) is 0 Å². The third-order valence-corrected chi connectivity index (χ3v) is 1.42. The van der Waals surface area contributed by atoms with Crippen LogP contribution in [0.25, 0.3) is 6.08 Å². The van der Waals surface area contributed by atoms with E-state index in [1.807, 2.05) is 0 Å². The van der Waals surface area contributed by atoms with Crippen molar-refractivity contribution in [1.29, 1.82) is 5.26 Å². The molecule has 0 aliphatic heterocycles. The number of aromatic nitrogens is 2. The fourth-order valence-electron chi connectivity index (χ4n) is 0.841. The van der Waals surface area contributed by atoms with E-state index in [4.69, 9.17) is 5.26 Å². The average molecular weight is 189 g/mol. The molecule has 1 aromatic rings. The van der Waals surface area contributed by atoms with E-state index in [0.29, 0.717) is 5.69 Å². The molecule has 0 aromatic carbocycles. The summed E-state index contributed by atoms with van der Waals surface area (Å²) in [5.74, 6) is -0.573. The highest BCUT2D eigenvalue weighted by molar-refractivity contribution is 5.90. The van der Waals surface area contributed by atoms with Crippen molar-refractivity contribution in [3.63, 3.8) is 0 Å². The van der Waals surface area contributed by atoms with E-state index in [2.05, 4.69) is 14.7 Å². The zero-order chi connectivity index (χ0) is 10.4. The first-order valence-corrected chi connectivity index (χ1v) is 3.75. The van der Waals surface area contributed by atoms with E-state index in [1.165, 1.54) is 31.7 Å². The van der Waals surface area contributed by atoms with E-state index in [-0.39, 0.29) is 5.69 Å². The maximum Gasteiger partial charge on any atom is 0.358 e. The second-order valence-electron chi connectivity index (χ2n) is 2.24. The maximum absolute atomic E-state index is 11.2. The lowest BCUT2D eigenvalue weighted by Crippen LogP contribution is -2.07. The summed E-state index contributed by atoms with van der Waals surface area (Å²) in [5.41, 5.74) is 0.419. The Kier molecular flexibility index (Phi) is 3.33. The van der Waals surface area contributed by atoms with E-state index in [1.54, 1.807) is 6.07 Å². The van der Waals surface area contributed by atoms with Gasteiger partial charge in [0.15, 0.2) is 5.69 Å². The summed E-state index contributed by atoms with van der Waals surface area (Å²) in [6.45, 7) is 0. The summed E-state index contributed by atoms with van der Waals surface area (Å²) in [5, 5.41) is 8.31. The number of nitriles is 1. The van der Waals surface area contributed by atoms with Gasteiger partial charge in [0.25, 0.3) is 0 Å². The third kappa shape index (κ3) is 2.14. The van der Waals surface area contributed by atoms with Crippen molar-refractivity contribution in [3.8, 4) is 6.07 Å². The van der Waals surface area contributed by atoms with Crippen LogP contribution in [0.5, 0.6) is 0 Å². The first-order chi connectivity index (χ1) is 6.79. The second kappa shape index (κ2) is 4.72. The van der Waals surface area contributed by atoms with E-state index < -0.39 is 5.97 Å². The zero-order valence-electron chi connectivity index (χ0n) is 7.47. The molecule has 0 radical (unpaired) electrons. The lowest BCUT2D eigenvalue weighted by molar-refractivity contribution is 0.0593. The van der Waals surface area contributed by atoms with Crippen molar-refractivity contribution < 1.29 is 9.53 Å². The molecule has 0 fully saturated rings. The minimum absolute atomic E-state index is 0.0986. The highest BCUT2D eigenvalue weighted by atomic mass is 16.5. The maximum atomic E-state index is 11.2. The number of carbonyl (C=O) groups is 1. The highest BCUT2D eigenvalue weighted by Gasteiger charge is 2.11. The van der Waals surface area contributed by atoms with Crippen LogP contribution >= 0.6 is 0 Å². The van der Waals surface area contributed by atoms with Gasteiger partial charge in [-0.05, 0) is 6.08 Å². The lowest BCUT2D eigenvalue weighted by Gasteiger charge is -1.99. The second-order valence-corrected chi connectivity index (χ2v) is 2.24. The highest BCUT2D eigenvalue weighted by Crippen LogP contribution is 2.04. The minimum Gasteiger partial charge on any atom is -0.464 e. The largest absolute Gasteiger partial charge is 0.464 e. The Morgan fingerprint density at radius 1 is 1.57 bits per heavy atom. The van der Waals surface area contributed by atoms with Crippen molar-refractivity contribution in [3.05, 3.63) is 29.9 Å². The van der Waals surface area contributed by atoms with E-state index >= 15 is 0 Å². The van der Waals surface area contributed by atoms with Crippen LogP contribution in [-0.2, 0) is 4.74 Å². The number of ether oxygens (including phenoxy) is 1. The predicted molar refractivity (Wildman–Crippen MR) is 48.0 cm³/mol. The number of esters is 1. The van der Waals surface area contributed by atoms with Gasteiger partial charge in [-0.2, -0.15) is 5.26 Å². The molecular weight excluding hydrogens is 182 g/mol. The fourth-order valence-corrected chi connectivity index (χ4v) is 0.841. The van der Waals surface area contributed by atoms with Gasteiger partial charge in [0.05, 0.1) is 18.9 Å². The van der Waals surface area contributed by atoms with Gasteiger partial charge in [0.2, 0.25) is 0 Å². The summed E-state index contributed by atoms with van der Waals surface area (Å²) < 4.78 is 4.50. The molecule has 0 aliphatic carbocycles. The Morgan fingerprint density at radius 3 is 2.93 bits per heavy atom. The average Bonchev–Trinajstić information content (AvgIpc) is 2.25. The molecule has 1 heterocycles. The van der Waals surface area contributed by atoms with Gasteiger partial charge < -0.3 is 4.74 Å². The quantitative estimate of drug-likeness (QED) is 0.508. The molecule has 0 spiro atoms. The van der Waals surface area contributed by atoms with Crippen LogP contribution in [0.2, 0.25) is 0 Å². The van der Waals surface area contributed by atoms with Crippen LogP contribution in [0.1, 0.15) is 16.2 Å². The van der Waals surface area contributed by atoms with Crippen molar-refractivity contribution >= 4 is 12.0 Å². The number of hydrogen-bond acceptors (Lipinski definition) is 5. The summed E-state index contributed by atoms with van der Waals surface area (Å²) >= 11 is 0. The molecule has 1 rings (SSSR count). The number of methoxy groups -OCH3 is 1. The van der Waals surface area contributed by atoms with Crippen LogP contribution in [-0.4, -0.2) is 23.0 Å². The molecule has 0 saturated heterocycles. The molecular formula is C9H7N3O2. The Morgan fingerprint density at radius 2 is 2.29 bits per heavy atom. The standard InChI is InChI=1S/C9H7N3O2/c1-14-9(13)8-7(3-2-4-10)11-5-6-12-8/h2-3,5-6H,1H3/b3-2+. The first kappa shape index (κ1) is 9.86. The van der Waals surface area contributed by atoms with Crippen LogP contribution in [0.4, 0.5) is 0 Å². The summed E-state index contributed by atoms with van der Waals surface area (Å²) in [4.78, 5) is 18.8. The Bertz CT molecular complexity index is 407. The molecule has 0 unspecified atom stereocenters. The third-order valence-electron chi connectivity index (χ3n) is 1.42. The molecule has 0 atom stereocenters. The molecule has 0 N–H and O–H groups in total. The predicted octanol–water partition coefficient (Wildman–Crippen LogP) is 0.800. The Hall–Kier alpha value is -2.22. The lowest BCUT2D eigenvalue weighted by atomic mass is 10.3. The number of nitrogens with zero attached hydrogens (tertiary/aromatic N) is 3. The van der Waals surface area contributed by atoms with E-state index in [0.717, 1.165) is 0 Å². The number of carbonyl (C=O) groups excluding carboxylic acids is 1. The molecule has 1 aromatic heterocycles. The van der Waals surface area contributed by atoms with E-state index in [9.17, 15) is 4.79 Å². The monoisotopic (exact) mass is 189 g/mol. The number of rotatable bonds is 2. The summed E-state index contributed by atoms with van der Waals surface area (Å²) in [6, 6.07) is 1.80. The molecule has 5 nitrogen and oxygen atoms in total. The zero-order valence-corrected chi connectivity index (χ0v) is 7.47. The van der Waals surface area contributed by atoms with Gasteiger partial charge in [-0.1, -0.05) is 0 Å². The summed E-state index contributed by atoms with van der Waals surface area (Å²) in [7, 11) is 1.26. The minimum atomic E-state index is -0.573. The molecule has 0 amide bonds. The normalized spacial score (nSPS) is 9.71. The Balaban J connectivity index is 3.10. The van der Waals surface area contributed by atoms with Crippen LogP contribution in [0.15, 0.2) is 18.5 Å². The molecule has 0 bridgehead atoms. The number of allylic oxidation sites excluding steroid dienone is 1. The molecule has 14 heavy (non-hydrogen) atoms. The van der Waals surface area contributed by atoms with Gasteiger partial charge in [-0.25, -0.2) is 9.78 Å². The smallest absolute Gasteiger partial charge is 0.358 e. The van der Waals surface area contributed by atoms with Crippen molar-refractivity contribution in [2.45, 2.75) is 0 Å². The van der Waals surface area contributed by atoms with Gasteiger partial charge in [0, 0.05) is 18.5 Å². The van der Waals surface area contributed by atoms with Crippen molar-refractivity contribution in [2.24, 2.45) is 0 Å². The van der Waals surface area contributed by atoms with Gasteiger partial charge in [-0.15, -0.1) is 0 Å². The van der Waals surface area contributed by atoms with Gasteiger partial charge in [-0.3, -0.25) is 4.98 Å². The molecule has 0 saturated carbocycles.